The summed E-state index contributed by atoms with van der Waals surface area (Å²) in [5.74, 6) is -1.11. The molecule has 11 heteroatoms. The first-order valence-corrected chi connectivity index (χ1v) is 16.8. The van der Waals surface area contributed by atoms with Crippen molar-refractivity contribution in [2.24, 2.45) is 11.3 Å². The number of imidazole rings is 1. The summed E-state index contributed by atoms with van der Waals surface area (Å²) in [5.41, 5.74) is 4.69. The van der Waals surface area contributed by atoms with Gasteiger partial charge in [-0.1, -0.05) is 26.0 Å². The molecule has 1 atom stereocenters. The highest BCUT2D eigenvalue weighted by atomic mass is 19.1. The maximum atomic E-state index is 15.6. The number of nitrogens with zero attached hydrogens (tertiary/aromatic N) is 5. The van der Waals surface area contributed by atoms with Gasteiger partial charge in [0.1, 0.15) is 5.82 Å². The van der Waals surface area contributed by atoms with E-state index < -0.39 is 23.7 Å². The zero-order valence-corrected chi connectivity index (χ0v) is 27.3. The minimum atomic E-state index is -1.03. The van der Waals surface area contributed by atoms with Crippen LogP contribution >= 0.6 is 0 Å². The molecule has 0 bridgehead atoms. The number of likely N-dealkylation sites (tertiary alicyclic amines) is 1. The Morgan fingerprint density at radius 1 is 1.02 bits per heavy atom. The lowest BCUT2D eigenvalue weighted by atomic mass is 9.72. The molecule has 7 rings (SSSR count). The second-order valence-corrected chi connectivity index (χ2v) is 13.8. The zero-order chi connectivity index (χ0) is 32.9. The number of hydrogen-bond acceptors (Lipinski definition) is 7. The molecule has 0 N–H and O–H groups in total. The number of esters is 1. The molecule has 4 aliphatic heterocycles. The summed E-state index contributed by atoms with van der Waals surface area (Å²) >= 11 is 0. The number of carbonyl (C=O) groups is 3. The second-order valence-electron chi connectivity index (χ2n) is 13.8. The first kappa shape index (κ1) is 31.2. The average Bonchev–Trinajstić information content (AvgIpc) is 3.76. The Labute approximate surface area is 274 Å². The van der Waals surface area contributed by atoms with Crippen LogP contribution in [0.1, 0.15) is 73.4 Å². The van der Waals surface area contributed by atoms with E-state index >= 15 is 4.39 Å². The first-order chi connectivity index (χ1) is 22.7. The summed E-state index contributed by atoms with van der Waals surface area (Å²) in [4.78, 5) is 49.5. The van der Waals surface area contributed by atoms with Gasteiger partial charge in [-0.25, -0.2) is 19.0 Å². The van der Waals surface area contributed by atoms with Gasteiger partial charge in [-0.3, -0.25) is 4.79 Å². The number of fused-ring (bicyclic) bond motifs is 2. The molecule has 0 aliphatic carbocycles. The third kappa shape index (κ3) is 5.74. The number of anilines is 1. The van der Waals surface area contributed by atoms with Gasteiger partial charge in [-0.05, 0) is 73.9 Å². The Kier molecular flexibility index (Phi) is 8.18. The number of hydrogen-bond donors (Lipinski definition) is 0. The summed E-state index contributed by atoms with van der Waals surface area (Å²) in [6.45, 7) is 10.5. The molecule has 2 saturated heterocycles. The second kappa shape index (κ2) is 12.3. The van der Waals surface area contributed by atoms with Gasteiger partial charge in [0.2, 0.25) is 0 Å². The molecule has 2 fully saturated rings. The minimum Gasteiger partial charge on any atom is -0.464 e. The van der Waals surface area contributed by atoms with Crippen molar-refractivity contribution in [3.05, 3.63) is 71.1 Å². The van der Waals surface area contributed by atoms with E-state index in [2.05, 4.69) is 9.88 Å². The zero-order valence-electron chi connectivity index (χ0n) is 27.3. The van der Waals surface area contributed by atoms with Crippen molar-refractivity contribution in [1.29, 1.82) is 0 Å². The Morgan fingerprint density at radius 2 is 1.77 bits per heavy atom. The van der Waals surface area contributed by atoms with Gasteiger partial charge in [0, 0.05) is 60.6 Å². The fraction of sp³-hybridized carbons (Fsp3) is 0.500. The van der Waals surface area contributed by atoms with Crippen molar-refractivity contribution >= 4 is 23.7 Å². The maximum Gasteiger partial charge on any atom is 0.409 e. The predicted molar refractivity (Wildman–Crippen MR) is 173 cm³/mol. The normalized spacial score (nSPS) is 18.7. The van der Waals surface area contributed by atoms with Crippen molar-refractivity contribution in [2.75, 3.05) is 44.3 Å². The molecule has 1 aromatic heterocycles. The van der Waals surface area contributed by atoms with Gasteiger partial charge in [0.05, 0.1) is 31.8 Å². The summed E-state index contributed by atoms with van der Waals surface area (Å²) in [6, 6.07) is 10.2. The van der Waals surface area contributed by atoms with Gasteiger partial charge in [-0.2, -0.15) is 0 Å². The molecule has 248 valence electrons. The number of ether oxygens (including phenoxy) is 2. The lowest BCUT2D eigenvalue weighted by Crippen LogP contribution is -2.61. The molecule has 10 nitrogen and oxygen atoms in total. The van der Waals surface area contributed by atoms with Crippen LogP contribution in [0.5, 0.6) is 0 Å². The van der Waals surface area contributed by atoms with Gasteiger partial charge in [-0.15, -0.1) is 0 Å². The molecule has 5 heterocycles. The van der Waals surface area contributed by atoms with Crippen LogP contribution in [0.15, 0.2) is 42.7 Å². The Morgan fingerprint density at radius 3 is 2.47 bits per heavy atom. The van der Waals surface area contributed by atoms with Crippen LogP contribution < -0.4 is 4.90 Å². The van der Waals surface area contributed by atoms with Crippen LogP contribution in [0.25, 0.3) is 11.1 Å². The van der Waals surface area contributed by atoms with Crippen molar-refractivity contribution in [2.45, 2.75) is 65.6 Å². The highest BCUT2D eigenvalue weighted by molar-refractivity contribution is 6.02. The molecule has 2 amide bonds. The Balaban J connectivity index is 1.03. The third-order valence-electron chi connectivity index (χ3n) is 10.1. The van der Waals surface area contributed by atoms with E-state index in [0.29, 0.717) is 36.9 Å². The molecule has 47 heavy (non-hydrogen) atoms. The fourth-order valence-electron chi connectivity index (χ4n) is 7.52. The minimum absolute atomic E-state index is 0.0252. The van der Waals surface area contributed by atoms with Crippen LogP contribution in [0.4, 0.5) is 14.9 Å². The van der Waals surface area contributed by atoms with Crippen LogP contribution in [0, 0.1) is 17.2 Å². The number of amides is 2. The van der Waals surface area contributed by atoms with Crippen molar-refractivity contribution in [3.8, 4) is 11.1 Å². The van der Waals surface area contributed by atoms with E-state index in [1.54, 1.807) is 19.3 Å². The van der Waals surface area contributed by atoms with E-state index in [9.17, 15) is 14.4 Å². The standard InChI is InChI=1S/C36H42FN5O5/c1-4-46-34(44)32(31-30-6-5-13-40(30)22-38-31)42-18-28-27(33(42)43)16-25(17-29(28)37)24-7-9-26(10-8-24)41-20-36(21-41)11-14-39(15-12-36)35(45)47-19-23(2)3/h7-10,16-17,22-23,32H,4-6,11-15,18-21H2,1-3H3. The van der Waals surface area contributed by atoms with Crippen LogP contribution in [-0.4, -0.2) is 76.7 Å². The molecule has 0 saturated carbocycles. The summed E-state index contributed by atoms with van der Waals surface area (Å²) < 4.78 is 28.4. The van der Waals surface area contributed by atoms with E-state index in [-0.39, 0.29) is 35.8 Å². The number of rotatable bonds is 8. The molecule has 3 aromatic rings. The molecular formula is C36H42FN5O5. The molecule has 0 radical (unpaired) electrons. The summed E-state index contributed by atoms with van der Waals surface area (Å²) in [6.07, 6.45) is 5.12. The monoisotopic (exact) mass is 643 g/mol. The van der Waals surface area contributed by atoms with Crippen LogP contribution in [0.2, 0.25) is 0 Å². The maximum absolute atomic E-state index is 15.6. The van der Waals surface area contributed by atoms with E-state index in [1.165, 1.54) is 11.0 Å². The SMILES string of the molecule is CCOC(=O)C(c1ncn2c1CCC2)N1Cc2c(F)cc(-c3ccc(N4CC5(CCN(C(=O)OCC(C)C)CC5)C4)cc3)cc2C1=O. The first-order valence-electron chi connectivity index (χ1n) is 16.8. The van der Waals surface area contributed by atoms with Crippen molar-refractivity contribution in [3.63, 3.8) is 0 Å². The predicted octanol–water partition coefficient (Wildman–Crippen LogP) is 5.59. The molecule has 1 spiro atoms. The van der Waals surface area contributed by atoms with Crippen LogP contribution in [-0.2, 0) is 33.8 Å². The smallest absolute Gasteiger partial charge is 0.409 e. The number of halogens is 1. The number of aryl methyl sites for hydroxylation is 1. The van der Waals surface area contributed by atoms with Crippen molar-refractivity contribution in [1.82, 2.24) is 19.4 Å². The fourth-order valence-corrected chi connectivity index (χ4v) is 7.52. The number of piperidine rings is 1. The number of benzene rings is 2. The molecule has 4 aliphatic rings. The van der Waals surface area contributed by atoms with Gasteiger partial charge >= 0.3 is 12.1 Å². The lowest BCUT2D eigenvalue weighted by molar-refractivity contribution is -0.149. The summed E-state index contributed by atoms with van der Waals surface area (Å²) in [7, 11) is 0. The summed E-state index contributed by atoms with van der Waals surface area (Å²) in [5, 5.41) is 0. The van der Waals surface area contributed by atoms with Gasteiger partial charge in [0.15, 0.2) is 6.04 Å². The average molecular weight is 644 g/mol. The topological polar surface area (TPSA) is 97.2 Å². The lowest BCUT2D eigenvalue weighted by Gasteiger charge is -2.54. The Bertz CT molecular complexity index is 1690. The molecular weight excluding hydrogens is 601 g/mol. The van der Waals surface area contributed by atoms with Crippen molar-refractivity contribution < 1.29 is 28.2 Å². The largest absolute Gasteiger partial charge is 0.464 e. The number of carbonyl (C=O) groups excluding carboxylic acids is 3. The van der Waals surface area contributed by atoms with Crippen LogP contribution in [0.3, 0.4) is 0 Å². The van der Waals surface area contributed by atoms with E-state index in [4.69, 9.17) is 9.47 Å². The Hall–Kier alpha value is -4.41. The molecule has 1 unspecified atom stereocenters. The van der Waals surface area contributed by atoms with Gasteiger partial charge < -0.3 is 28.7 Å². The highest BCUT2D eigenvalue weighted by Gasteiger charge is 2.46. The third-order valence-corrected chi connectivity index (χ3v) is 10.1. The molecule has 2 aromatic carbocycles. The van der Waals surface area contributed by atoms with E-state index in [1.807, 2.05) is 47.6 Å². The quantitative estimate of drug-likeness (QED) is 0.295. The van der Waals surface area contributed by atoms with E-state index in [0.717, 1.165) is 62.3 Å². The van der Waals surface area contributed by atoms with Gasteiger partial charge in [0.25, 0.3) is 5.91 Å². The highest BCUT2D eigenvalue weighted by Crippen LogP contribution is 2.43. The number of aromatic nitrogens is 2.